The summed E-state index contributed by atoms with van der Waals surface area (Å²) in [5.41, 5.74) is 1.30. The smallest absolute Gasteiger partial charge is 0.194 e. The average molecular weight is 217 g/mol. The highest BCUT2D eigenvalue weighted by atomic mass is 15.3. The van der Waals surface area contributed by atoms with Gasteiger partial charge in [-0.1, -0.05) is 30.3 Å². The van der Waals surface area contributed by atoms with E-state index in [0.717, 1.165) is 12.5 Å². The lowest BCUT2D eigenvalue weighted by Crippen LogP contribution is -2.40. The van der Waals surface area contributed by atoms with Crippen molar-refractivity contribution < 1.29 is 0 Å². The van der Waals surface area contributed by atoms with Gasteiger partial charge >= 0.3 is 0 Å². The summed E-state index contributed by atoms with van der Waals surface area (Å²) in [5.74, 6) is 1.00. The van der Waals surface area contributed by atoms with Crippen LogP contribution in [0, 0.1) is 0 Å². The molecule has 0 saturated heterocycles. The van der Waals surface area contributed by atoms with E-state index in [9.17, 15) is 0 Å². The van der Waals surface area contributed by atoms with E-state index in [0.29, 0.717) is 12.1 Å². The second kappa shape index (κ2) is 4.56. The molecule has 1 unspecified atom stereocenters. The molecule has 0 spiro atoms. The van der Waals surface area contributed by atoms with E-state index in [1.54, 1.807) is 0 Å². The molecule has 0 aliphatic carbocycles. The van der Waals surface area contributed by atoms with E-state index in [1.807, 2.05) is 6.07 Å². The molecular weight excluding hydrogens is 198 g/mol. The van der Waals surface area contributed by atoms with E-state index in [4.69, 9.17) is 0 Å². The summed E-state index contributed by atoms with van der Waals surface area (Å²) in [6.07, 6.45) is 0. The SMILES string of the molecule is CC(C)N(C)C1=NCC(c2ccccc2)N1. The van der Waals surface area contributed by atoms with Gasteiger partial charge < -0.3 is 10.2 Å². The highest BCUT2D eigenvalue weighted by Gasteiger charge is 2.22. The van der Waals surface area contributed by atoms with Gasteiger partial charge in [-0.15, -0.1) is 0 Å². The van der Waals surface area contributed by atoms with E-state index in [2.05, 4.69) is 60.4 Å². The van der Waals surface area contributed by atoms with Crippen molar-refractivity contribution in [3.8, 4) is 0 Å². The average Bonchev–Trinajstić information content (AvgIpc) is 2.78. The van der Waals surface area contributed by atoms with Crippen molar-refractivity contribution in [3.05, 3.63) is 35.9 Å². The molecule has 3 heteroatoms. The zero-order valence-electron chi connectivity index (χ0n) is 10.1. The Labute approximate surface area is 97.2 Å². The summed E-state index contributed by atoms with van der Waals surface area (Å²) in [7, 11) is 2.07. The number of nitrogens with zero attached hydrogens (tertiary/aromatic N) is 2. The number of aliphatic imine (C=N–C) groups is 1. The fraction of sp³-hybridized carbons (Fsp3) is 0.462. The van der Waals surface area contributed by atoms with Crippen LogP contribution in [0.2, 0.25) is 0 Å². The molecule has 1 aromatic rings. The Bertz CT molecular complexity index is 370. The molecule has 0 amide bonds. The first-order chi connectivity index (χ1) is 7.68. The largest absolute Gasteiger partial charge is 0.348 e. The Hall–Kier alpha value is -1.51. The molecule has 1 aliphatic heterocycles. The first kappa shape index (κ1) is 11.0. The summed E-state index contributed by atoms with van der Waals surface area (Å²) in [6.45, 7) is 5.16. The van der Waals surface area contributed by atoms with Crippen molar-refractivity contribution in [2.75, 3.05) is 13.6 Å². The zero-order chi connectivity index (χ0) is 11.5. The molecule has 86 valence electrons. The molecule has 1 N–H and O–H groups in total. The van der Waals surface area contributed by atoms with Crippen LogP contribution < -0.4 is 5.32 Å². The van der Waals surface area contributed by atoms with Gasteiger partial charge in [0.1, 0.15) is 0 Å². The summed E-state index contributed by atoms with van der Waals surface area (Å²) in [4.78, 5) is 6.72. The predicted octanol–water partition coefficient (Wildman–Crippen LogP) is 2.03. The number of rotatable bonds is 2. The van der Waals surface area contributed by atoms with E-state index in [1.165, 1.54) is 5.56 Å². The Balaban J connectivity index is 2.02. The highest BCUT2D eigenvalue weighted by molar-refractivity contribution is 5.82. The van der Waals surface area contributed by atoms with Gasteiger partial charge in [0.15, 0.2) is 5.96 Å². The molecule has 0 bridgehead atoms. The van der Waals surface area contributed by atoms with Gasteiger partial charge in [0.2, 0.25) is 0 Å². The van der Waals surface area contributed by atoms with Gasteiger partial charge in [0.25, 0.3) is 0 Å². The quantitative estimate of drug-likeness (QED) is 0.820. The fourth-order valence-corrected chi connectivity index (χ4v) is 1.76. The van der Waals surface area contributed by atoms with Crippen LogP contribution in [-0.4, -0.2) is 30.5 Å². The minimum atomic E-state index is 0.331. The van der Waals surface area contributed by atoms with Crippen molar-refractivity contribution in [3.63, 3.8) is 0 Å². The van der Waals surface area contributed by atoms with Gasteiger partial charge in [0, 0.05) is 13.1 Å². The van der Waals surface area contributed by atoms with Gasteiger partial charge in [-0.05, 0) is 19.4 Å². The maximum Gasteiger partial charge on any atom is 0.194 e. The second-order valence-corrected chi connectivity index (χ2v) is 4.48. The lowest BCUT2D eigenvalue weighted by molar-refractivity contribution is 0.404. The lowest BCUT2D eigenvalue weighted by Gasteiger charge is -2.24. The molecule has 0 fully saturated rings. The molecule has 0 saturated carbocycles. The van der Waals surface area contributed by atoms with E-state index in [-0.39, 0.29) is 0 Å². The maximum absolute atomic E-state index is 4.55. The number of hydrogen-bond donors (Lipinski definition) is 1. The molecule has 1 aromatic carbocycles. The Morgan fingerprint density at radius 1 is 1.31 bits per heavy atom. The maximum atomic E-state index is 4.55. The minimum Gasteiger partial charge on any atom is -0.348 e. The Kier molecular flexibility index (Phi) is 3.13. The number of guanidine groups is 1. The first-order valence-corrected chi connectivity index (χ1v) is 5.77. The second-order valence-electron chi connectivity index (χ2n) is 4.48. The van der Waals surface area contributed by atoms with Crippen molar-refractivity contribution in [2.45, 2.75) is 25.9 Å². The molecular formula is C13H19N3. The minimum absolute atomic E-state index is 0.331. The number of nitrogens with one attached hydrogen (secondary N) is 1. The molecule has 2 rings (SSSR count). The third kappa shape index (κ3) is 2.18. The van der Waals surface area contributed by atoms with Crippen LogP contribution in [0.15, 0.2) is 35.3 Å². The normalized spacial score (nSPS) is 19.5. The van der Waals surface area contributed by atoms with Crippen LogP contribution in [0.1, 0.15) is 25.5 Å². The monoisotopic (exact) mass is 217 g/mol. The molecule has 1 atom stereocenters. The standard InChI is InChI=1S/C13H19N3/c1-10(2)16(3)13-14-9-12(15-13)11-7-5-4-6-8-11/h4-8,10,12H,9H2,1-3H3,(H,14,15). The summed E-state index contributed by atoms with van der Waals surface area (Å²) < 4.78 is 0. The van der Waals surface area contributed by atoms with Gasteiger partial charge in [-0.3, -0.25) is 4.99 Å². The molecule has 0 radical (unpaired) electrons. The molecule has 3 nitrogen and oxygen atoms in total. The number of benzene rings is 1. The summed E-state index contributed by atoms with van der Waals surface area (Å²) >= 11 is 0. The van der Waals surface area contributed by atoms with Crippen LogP contribution >= 0.6 is 0 Å². The highest BCUT2D eigenvalue weighted by Crippen LogP contribution is 2.17. The number of hydrogen-bond acceptors (Lipinski definition) is 3. The van der Waals surface area contributed by atoms with E-state index < -0.39 is 0 Å². The van der Waals surface area contributed by atoms with Gasteiger partial charge in [-0.25, -0.2) is 0 Å². The van der Waals surface area contributed by atoms with Crippen molar-refractivity contribution >= 4 is 5.96 Å². The van der Waals surface area contributed by atoms with Crippen molar-refractivity contribution in [1.29, 1.82) is 0 Å². The molecule has 1 aliphatic rings. The Morgan fingerprint density at radius 2 is 2.00 bits per heavy atom. The first-order valence-electron chi connectivity index (χ1n) is 5.77. The third-order valence-electron chi connectivity index (χ3n) is 3.04. The van der Waals surface area contributed by atoms with Crippen LogP contribution in [-0.2, 0) is 0 Å². The predicted molar refractivity (Wildman–Crippen MR) is 67.5 cm³/mol. The van der Waals surface area contributed by atoms with Crippen LogP contribution in [0.5, 0.6) is 0 Å². The van der Waals surface area contributed by atoms with Gasteiger partial charge in [-0.2, -0.15) is 0 Å². The van der Waals surface area contributed by atoms with Crippen LogP contribution in [0.4, 0.5) is 0 Å². The third-order valence-corrected chi connectivity index (χ3v) is 3.04. The molecule has 0 aromatic heterocycles. The molecule has 1 heterocycles. The Morgan fingerprint density at radius 3 is 2.62 bits per heavy atom. The van der Waals surface area contributed by atoms with Crippen LogP contribution in [0.25, 0.3) is 0 Å². The lowest BCUT2D eigenvalue weighted by atomic mass is 10.1. The van der Waals surface area contributed by atoms with Crippen LogP contribution in [0.3, 0.4) is 0 Å². The zero-order valence-corrected chi connectivity index (χ0v) is 10.1. The van der Waals surface area contributed by atoms with Crippen molar-refractivity contribution in [1.82, 2.24) is 10.2 Å². The fourth-order valence-electron chi connectivity index (χ4n) is 1.76. The topological polar surface area (TPSA) is 27.6 Å². The summed E-state index contributed by atoms with van der Waals surface area (Å²) in [6, 6.07) is 11.3. The van der Waals surface area contributed by atoms with Crippen molar-refractivity contribution in [2.24, 2.45) is 4.99 Å². The summed E-state index contributed by atoms with van der Waals surface area (Å²) in [5, 5.41) is 3.46. The van der Waals surface area contributed by atoms with Gasteiger partial charge in [0.05, 0.1) is 12.6 Å². The molecule has 16 heavy (non-hydrogen) atoms. The van der Waals surface area contributed by atoms with E-state index >= 15 is 0 Å².